The van der Waals surface area contributed by atoms with E-state index in [9.17, 15) is 13.2 Å². The zero-order valence-corrected chi connectivity index (χ0v) is 11.6. The molecule has 1 aromatic carbocycles. The Balaban J connectivity index is 2.36. The Morgan fingerprint density at radius 2 is 2.05 bits per heavy atom. The number of halogens is 1. The van der Waals surface area contributed by atoms with Crippen molar-refractivity contribution in [1.29, 1.82) is 0 Å². The third-order valence-electron chi connectivity index (χ3n) is 2.42. The molecule has 0 spiro atoms. The van der Waals surface area contributed by atoms with Crippen molar-refractivity contribution >= 4 is 33.2 Å². The maximum absolute atomic E-state index is 12.2. The molecule has 8 heteroatoms. The highest BCUT2D eigenvalue weighted by atomic mass is 35.5. The minimum absolute atomic E-state index is 0.0542. The predicted octanol–water partition coefficient (Wildman–Crippen LogP) is 1.63. The third-order valence-corrected chi connectivity index (χ3v) is 4.27. The number of benzene rings is 1. The first-order chi connectivity index (χ1) is 9.40. The fourth-order valence-electron chi connectivity index (χ4n) is 1.51. The van der Waals surface area contributed by atoms with Gasteiger partial charge in [0.1, 0.15) is 4.90 Å². The number of sulfonamides is 1. The van der Waals surface area contributed by atoms with Crippen LogP contribution >= 0.6 is 11.6 Å². The van der Waals surface area contributed by atoms with Crippen LogP contribution < -0.4 is 10.5 Å². The SMILES string of the molecule is NC(=O)c1cccc(NS(=O)(=O)c2cnccc2Cl)c1. The standard InChI is InChI=1S/C12H10ClN3O3S/c13-10-4-5-15-7-11(10)20(18,19)16-9-3-1-2-8(6-9)12(14)17/h1-7,16H,(H2,14,17). The number of nitrogens with one attached hydrogen (secondary N) is 1. The predicted molar refractivity (Wildman–Crippen MR) is 75.0 cm³/mol. The molecule has 1 aromatic heterocycles. The smallest absolute Gasteiger partial charge is 0.264 e. The summed E-state index contributed by atoms with van der Waals surface area (Å²) in [6, 6.07) is 7.20. The molecule has 0 aliphatic carbocycles. The second-order valence-electron chi connectivity index (χ2n) is 3.86. The van der Waals surface area contributed by atoms with Gasteiger partial charge < -0.3 is 5.73 Å². The van der Waals surface area contributed by atoms with Crippen LogP contribution in [0.1, 0.15) is 10.4 Å². The van der Waals surface area contributed by atoms with Crippen LogP contribution in [0.5, 0.6) is 0 Å². The minimum atomic E-state index is -3.88. The molecule has 2 aromatic rings. The van der Waals surface area contributed by atoms with E-state index in [1.807, 2.05) is 0 Å². The Labute approximate surface area is 120 Å². The molecule has 0 radical (unpaired) electrons. The van der Waals surface area contributed by atoms with Gasteiger partial charge in [-0.05, 0) is 24.3 Å². The van der Waals surface area contributed by atoms with Crippen LogP contribution in [-0.4, -0.2) is 19.3 Å². The molecular formula is C12H10ClN3O3S. The summed E-state index contributed by atoms with van der Waals surface area (Å²) >= 11 is 5.82. The van der Waals surface area contributed by atoms with Gasteiger partial charge in [0.25, 0.3) is 10.0 Å². The van der Waals surface area contributed by atoms with Crippen molar-refractivity contribution in [1.82, 2.24) is 4.98 Å². The molecule has 0 unspecified atom stereocenters. The number of hydrogen-bond donors (Lipinski definition) is 2. The van der Waals surface area contributed by atoms with Gasteiger partial charge in [0.2, 0.25) is 5.91 Å². The number of hydrogen-bond acceptors (Lipinski definition) is 4. The van der Waals surface area contributed by atoms with E-state index in [0.29, 0.717) is 0 Å². The molecule has 20 heavy (non-hydrogen) atoms. The number of aromatic nitrogens is 1. The number of carbonyl (C=O) groups is 1. The summed E-state index contributed by atoms with van der Waals surface area (Å²) < 4.78 is 26.6. The van der Waals surface area contributed by atoms with Crippen molar-refractivity contribution in [3.05, 3.63) is 53.3 Å². The van der Waals surface area contributed by atoms with Gasteiger partial charge in [-0.15, -0.1) is 0 Å². The topological polar surface area (TPSA) is 102 Å². The molecule has 1 amide bonds. The third kappa shape index (κ3) is 3.06. The quantitative estimate of drug-likeness (QED) is 0.895. The molecule has 0 fully saturated rings. The lowest BCUT2D eigenvalue weighted by Gasteiger charge is -2.09. The highest BCUT2D eigenvalue weighted by molar-refractivity contribution is 7.92. The van der Waals surface area contributed by atoms with Crippen LogP contribution in [0.25, 0.3) is 0 Å². The van der Waals surface area contributed by atoms with Crippen molar-refractivity contribution in [3.8, 4) is 0 Å². The van der Waals surface area contributed by atoms with Crippen LogP contribution in [0.3, 0.4) is 0 Å². The van der Waals surface area contributed by atoms with Gasteiger partial charge in [-0.2, -0.15) is 0 Å². The van der Waals surface area contributed by atoms with Crippen LogP contribution in [0.2, 0.25) is 5.02 Å². The molecule has 0 saturated heterocycles. The average molecular weight is 312 g/mol. The maximum Gasteiger partial charge on any atom is 0.264 e. The van der Waals surface area contributed by atoms with Crippen LogP contribution in [0.4, 0.5) is 5.69 Å². The molecule has 0 atom stereocenters. The van der Waals surface area contributed by atoms with Crippen molar-refractivity contribution in [2.45, 2.75) is 4.90 Å². The Bertz CT molecular complexity index is 762. The van der Waals surface area contributed by atoms with E-state index in [1.165, 1.54) is 36.5 Å². The van der Waals surface area contributed by atoms with Gasteiger partial charge in [0.15, 0.2) is 0 Å². The summed E-state index contributed by atoms with van der Waals surface area (Å²) in [4.78, 5) is 14.6. The fourth-order valence-corrected chi connectivity index (χ4v) is 2.99. The average Bonchev–Trinajstić information content (AvgIpc) is 2.38. The maximum atomic E-state index is 12.2. The molecule has 104 valence electrons. The molecule has 0 aliphatic rings. The molecule has 0 aliphatic heterocycles. The molecule has 0 bridgehead atoms. The summed E-state index contributed by atoms with van der Waals surface area (Å²) in [5, 5.41) is 0.0542. The number of anilines is 1. The summed E-state index contributed by atoms with van der Waals surface area (Å²) in [6.07, 6.45) is 2.53. The van der Waals surface area contributed by atoms with Crippen molar-refractivity contribution in [2.75, 3.05) is 4.72 Å². The highest BCUT2D eigenvalue weighted by Gasteiger charge is 2.18. The second-order valence-corrected chi connectivity index (χ2v) is 5.91. The van der Waals surface area contributed by atoms with E-state index in [4.69, 9.17) is 17.3 Å². The molecule has 6 nitrogen and oxygen atoms in total. The Morgan fingerprint density at radius 3 is 2.70 bits per heavy atom. The van der Waals surface area contributed by atoms with Gasteiger partial charge in [0, 0.05) is 23.6 Å². The monoisotopic (exact) mass is 311 g/mol. The summed E-state index contributed by atoms with van der Waals surface area (Å²) in [5.74, 6) is -0.648. The van der Waals surface area contributed by atoms with Gasteiger partial charge in [-0.3, -0.25) is 14.5 Å². The van der Waals surface area contributed by atoms with Crippen LogP contribution in [0, 0.1) is 0 Å². The molecule has 2 rings (SSSR count). The summed E-state index contributed by atoms with van der Waals surface area (Å²) in [5.41, 5.74) is 5.54. The van der Waals surface area contributed by atoms with Gasteiger partial charge in [0.05, 0.1) is 5.02 Å². The Kier molecular flexibility index (Phi) is 3.91. The van der Waals surface area contributed by atoms with Crippen molar-refractivity contribution < 1.29 is 13.2 Å². The second kappa shape index (κ2) is 5.48. The minimum Gasteiger partial charge on any atom is -0.366 e. The van der Waals surface area contributed by atoms with Crippen LogP contribution in [-0.2, 0) is 10.0 Å². The van der Waals surface area contributed by atoms with Crippen molar-refractivity contribution in [2.24, 2.45) is 5.73 Å². The lowest BCUT2D eigenvalue weighted by Crippen LogP contribution is -2.15. The summed E-state index contributed by atoms with van der Waals surface area (Å²) in [6.45, 7) is 0. The van der Waals surface area contributed by atoms with E-state index >= 15 is 0 Å². The highest BCUT2D eigenvalue weighted by Crippen LogP contribution is 2.22. The molecule has 0 saturated carbocycles. The molecule has 3 N–H and O–H groups in total. The summed E-state index contributed by atoms with van der Waals surface area (Å²) in [7, 11) is -3.88. The first kappa shape index (κ1) is 14.3. The van der Waals surface area contributed by atoms with E-state index in [-0.39, 0.29) is 21.2 Å². The van der Waals surface area contributed by atoms with Gasteiger partial charge in [-0.1, -0.05) is 17.7 Å². The largest absolute Gasteiger partial charge is 0.366 e. The van der Waals surface area contributed by atoms with E-state index < -0.39 is 15.9 Å². The lowest BCUT2D eigenvalue weighted by atomic mass is 10.2. The van der Waals surface area contributed by atoms with E-state index in [0.717, 1.165) is 6.20 Å². The number of carbonyl (C=O) groups excluding carboxylic acids is 1. The molecular weight excluding hydrogens is 302 g/mol. The first-order valence-electron chi connectivity index (χ1n) is 5.42. The van der Waals surface area contributed by atoms with E-state index in [2.05, 4.69) is 9.71 Å². The molecule has 1 heterocycles. The van der Waals surface area contributed by atoms with Crippen LogP contribution in [0.15, 0.2) is 47.6 Å². The number of rotatable bonds is 4. The Hall–Kier alpha value is -2.12. The van der Waals surface area contributed by atoms with Gasteiger partial charge in [-0.25, -0.2) is 8.42 Å². The fraction of sp³-hybridized carbons (Fsp3) is 0. The normalized spacial score (nSPS) is 11.1. The number of nitrogens with zero attached hydrogens (tertiary/aromatic N) is 1. The number of amides is 1. The Morgan fingerprint density at radius 1 is 1.30 bits per heavy atom. The number of primary amides is 1. The number of pyridine rings is 1. The zero-order valence-electron chi connectivity index (χ0n) is 10.1. The zero-order chi connectivity index (χ0) is 14.8. The van der Waals surface area contributed by atoms with Gasteiger partial charge >= 0.3 is 0 Å². The lowest BCUT2D eigenvalue weighted by molar-refractivity contribution is 0.100. The van der Waals surface area contributed by atoms with E-state index in [1.54, 1.807) is 0 Å². The van der Waals surface area contributed by atoms with Crippen molar-refractivity contribution in [3.63, 3.8) is 0 Å². The number of nitrogens with two attached hydrogens (primary N) is 1. The first-order valence-corrected chi connectivity index (χ1v) is 7.28.